The van der Waals surface area contributed by atoms with E-state index in [0.717, 1.165) is 33.7 Å². The van der Waals surface area contributed by atoms with Crippen LogP contribution in [0.1, 0.15) is 37.2 Å². The second-order valence-corrected chi connectivity index (χ2v) is 7.90. The Kier molecular flexibility index (Phi) is 7.47. The largest absolute Gasteiger partial charge is 0.486 e. The van der Waals surface area contributed by atoms with Gasteiger partial charge in [-0.25, -0.2) is 4.98 Å². The van der Waals surface area contributed by atoms with Crippen molar-refractivity contribution in [2.45, 2.75) is 39.8 Å². The van der Waals surface area contributed by atoms with E-state index in [-0.39, 0.29) is 5.97 Å². The number of imidazole rings is 1. The molecular weight excluding hydrogens is 432 g/mol. The lowest BCUT2D eigenvalue weighted by molar-refractivity contribution is -0.143. The Labute approximate surface area is 199 Å². The molecule has 8 nitrogen and oxygen atoms in total. The van der Waals surface area contributed by atoms with Gasteiger partial charge in [-0.3, -0.25) is 9.48 Å². The number of carbonyl (C=O) groups is 1. The van der Waals surface area contributed by atoms with Crippen molar-refractivity contribution < 1.29 is 19.0 Å². The van der Waals surface area contributed by atoms with Gasteiger partial charge in [-0.05, 0) is 50.1 Å². The molecule has 0 spiro atoms. The van der Waals surface area contributed by atoms with Crippen LogP contribution in [-0.4, -0.2) is 38.5 Å². The van der Waals surface area contributed by atoms with Crippen molar-refractivity contribution in [3.63, 3.8) is 0 Å². The molecule has 8 heteroatoms. The Morgan fingerprint density at radius 2 is 1.79 bits per heavy atom. The topological polar surface area (TPSA) is 80.4 Å². The quantitative estimate of drug-likeness (QED) is 0.309. The molecule has 34 heavy (non-hydrogen) atoms. The number of fused-ring (bicyclic) bond motifs is 1. The molecule has 2 heterocycles. The summed E-state index contributed by atoms with van der Waals surface area (Å²) in [6.07, 6.45) is 2.76. The number of para-hydroxylation sites is 2. The van der Waals surface area contributed by atoms with Gasteiger partial charge in [0.05, 0.1) is 30.8 Å². The fraction of sp³-hybridized carbons (Fsp3) is 0.346. The third kappa shape index (κ3) is 5.57. The maximum atomic E-state index is 11.7. The molecule has 0 saturated heterocycles. The highest BCUT2D eigenvalue weighted by atomic mass is 16.5. The molecule has 0 bridgehead atoms. The Hall–Kier alpha value is -3.81. The third-order valence-electron chi connectivity index (χ3n) is 5.50. The first-order valence-electron chi connectivity index (χ1n) is 11.5. The molecule has 4 rings (SSSR count). The molecule has 0 aliphatic rings. The highest BCUT2D eigenvalue weighted by molar-refractivity contribution is 5.75. The molecule has 0 unspecified atom stereocenters. The van der Waals surface area contributed by atoms with E-state index < -0.39 is 0 Å². The fourth-order valence-electron chi connectivity index (χ4n) is 3.78. The van der Waals surface area contributed by atoms with Crippen molar-refractivity contribution in [3.8, 4) is 11.6 Å². The number of hydrogen-bond donors (Lipinski definition) is 0. The highest BCUT2D eigenvalue weighted by Gasteiger charge is 2.13. The summed E-state index contributed by atoms with van der Waals surface area (Å²) in [5, 5.41) is 4.55. The van der Waals surface area contributed by atoms with Crippen LogP contribution in [0.5, 0.6) is 11.6 Å². The number of ether oxygens (including phenoxy) is 3. The normalized spacial score (nSPS) is 11.0. The first-order valence-corrected chi connectivity index (χ1v) is 11.5. The van der Waals surface area contributed by atoms with E-state index in [1.165, 1.54) is 0 Å². The van der Waals surface area contributed by atoms with Gasteiger partial charge >= 0.3 is 5.97 Å². The van der Waals surface area contributed by atoms with Crippen LogP contribution in [0.25, 0.3) is 11.0 Å². The maximum absolute atomic E-state index is 11.7. The van der Waals surface area contributed by atoms with Gasteiger partial charge in [0.25, 0.3) is 0 Å². The molecule has 0 N–H and O–H groups in total. The summed E-state index contributed by atoms with van der Waals surface area (Å²) >= 11 is 0. The predicted octanol–water partition coefficient (Wildman–Crippen LogP) is 4.29. The Morgan fingerprint density at radius 1 is 1.00 bits per heavy atom. The zero-order valence-electron chi connectivity index (χ0n) is 19.9. The number of rotatable bonds is 11. The van der Waals surface area contributed by atoms with E-state index in [4.69, 9.17) is 14.2 Å². The van der Waals surface area contributed by atoms with E-state index in [9.17, 15) is 4.79 Å². The summed E-state index contributed by atoms with van der Waals surface area (Å²) in [6, 6.07) is 16.0. The Bertz CT molecular complexity index is 1240. The average Bonchev–Trinajstić information content (AvgIpc) is 3.37. The smallest absolute Gasteiger partial charge is 0.306 e. The lowest BCUT2D eigenvalue weighted by Crippen LogP contribution is -2.05. The van der Waals surface area contributed by atoms with E-state index in [1.54, 1.807) is 6.92 Å². The summed E-state index contributed by atoms with van der Waals surface area (Å²) in [5.41, 5.74) is 4.03. The lowest BCUT2D eigenvalue weighted by atomic mass is 10.2. The molecule has 0 fully saturated rings. The third-order valence-corrected chi connectivity index (χ3v) is 5.50. The molecule has 178 valence electrons. The van der Waals surface area contributed by atoms with Gasteiger partial charge in [-0.1, -0.05) is 24.3 Å². The van der Waals surface area contributed by atoms with E-state index >= 15 is 0 Å². The van der Waals surface area contributed by atoms with Crippen molar-refractivity contribution in [3.05, 3.63) is 71.7 Å². The van der Waals surface area contributed by atoms with Gasteiger partial charge in [0.15, 0.2) is 0 Å². The standard InChI is InChI=1S/C26H30N4O4/c1-4-32-25(31)15-12-20-17-30(28-26(20)33-5-2)16-19-10-13-21(14-11-19)34-18-24-27-22-8-6-7-9-23(22)29(24)3/h6-11,13-14,17H,4-5,12,15-16,18H2,1-3H3. The molecule has 0 aliphatic carbocycles. The van der Waals surface area contributed by atoms with Gasteiger partial charge in [0.1, 0.15) is 18.2 Å². The summed E-state index contributed by atoms with van der Waals surface area (Å²) in [7, 11) is 2.00. The van der Waals surface area contributed by atoms with Crippen molar-refractivity contribution in [1.82, 2.24) is 19.3 Å². The maximum Gasteiger partial charge on any atom is 0.306 e. The van der Waals surface area contributed by atoms with Crippen LogP contribution in [0.3, 0.4) is 0 Å². The summed E-state index contributed by atoms with van der Waals surface area (Å²) in [4.78, 5) is 16.4. The van der Waals surface area contributed by atoms with Gasteiger partial charge in [0.2, 0.25) is 5.88 Å². The number of carbonyl (C=O) groups excluding carboxylic acids is 1. The first kappa shape index (κ1) is 23.4. The predicted molar refractivity (Wildman–Crippen MR) is 129 cm³/mol. The molecule has 4 aromatic rings. The SMILES string of the molecule is CCOC(=O)CCc1cn(Cc2ccc(OCc3nc4ccccc4n3C)cc2)nc1OCC. The second-order valence-electron chi connectivity index (χ2n) is 7.90. The summed E-state index contributed by atoms with van der Waals surface area (Å²) < 4.78 is 20.5. The lowest BCUT2D eigenvalue weighted by Gasteiger charge is -2.08. The van der Waals surface area contributed by atoms with Gasteiger partial charge in [-0.15, -0.1) is 5.10 Å². The highest BCUT2D eigenvalue weighted by Crippen LogP contribution is 2.21. The van der Waals surface area contributed by atoms with Crippen LogP contribution in [0.15, 0.2) is 54.7 Å². The van der Waals surface area contributed by atoms with Crippen LogP contribution >= 0.6 is 0 Å². The first-order chi connectivity index (χ1) is 16.6. The minimum Gasteiger partial charge on any atom is -0.486 e. The van der Waals surface area contributed by atoms with Crippen molar-refractivity contribution in [2.24, 2.45) is 7.05 Å². The van der Waals surface area contributed by atoms with E-state index in [0.29, 0.717) is 45.1 Å². The number of aryl methyl sites for hydroxylation is 2. The van der Waals surface area contributed by atoms with Crippen LogP contribution in [0.4, 0.5) is 0 Å². The van der Waals surface area contributed by atoms with Crippen molar-refractivity contribution >= 4 is 17.0 Å². The molecule has 0 radical (unpaired) electrons. The number of benzene rings is 2. The summed E-state index contributed by atoms with van der Waals surface area (Å²) in [6.45, 7) is 5.60. The van der Waals surface area contributed by atoms with Crippen molar-refractivity contribution in [1.29, 1.82) is 0 Å². The van der Waals surface area contributed by atoms with Crippen molar-refractivity contribution in [2.75, 3.05) is 13.2 Å². The minimum atomic E-state index is -0.216. The molecule has 0 atom stereocenters. The monoisotopic (exact) mass is 462 g/mol. The molecule has 0 saturated carbocycles. The Balaban J connectivity index is 1.37. The number of nitrogens with zero attached hydrogens (tertiary/aromatic N) is 4. The van der Waals surface area contributed by atoms with E-state index in [1.807, 2.05) is 67.3 Å². The zero-order chi connectivity index (χ0) is 23.9. The number of aromatic nitrogens is 4. The van der Waals surface area contributed by atoms with Crippen LogP contribution in [0.2, 0.25) is 0 Å². The van der Waals surface area contributed by atoms with Gasteiger partial charge < -0.3 is 18.8 Å². The van der Waals surface area contributed by atoms with Crippen LogP contribution in [0, 0.1) is 0 Å². The fourth-order valence-corrected chi connectivity index (χ4v) is 3.78. The van der Waals surface area contributed by atoms with Crippen LogP contribution < -0.4 is 9.47 Å². The average molecular weight is 463 g/mol. The molecule has 0 aliphatic heterocycles. The van der Waals surface area contributed by atoms with Crippen LogP contribution in [-0.2, 0) is 36.2 Å². The minimum absolute atomic E-state index is 0.216. The molecular formula is C26H30N4O4. The molecule has 2 aromatic carbocycles. The zero-order valence-corrected chi connectivity index (χ0v) is 19.9. The summed E-state index contributed by atoms with van der Waals surface area (Å²) in [5.74, 6) is 2.00. The molecule has 2 aromatic heterocycles. The van der Waals surface area contributed by atoms with E-state index in [2.05, 4.69) is 20.7 Å². The Morgan fingerprint density at radius 3 is 2.53 bits per heavy atom. The number of hydrogen-bond acceptors (Lipinski definition) is 6. The molecule has 0 amide bonds. The van der Waals surface area contributed by atoms with Gasteiger partial charge in [-0.2, -0.15) is 0 Å². The number of esters is 1. The second kappa shape index (κ2) is 10.9. The van der Waals surface area contributed by atoms with Gasteiger partial charge in [0, 0.05) is 25.2 Å².